The van der Waals surface area contributed by atoms with Gasteiger partial charge in [0.1, 0.15) is 0 Å². The lowest BCUT2D eigenvalue weighted by molar-refractivity contribution is -0.159. The summed E-state index contributed by atoms with van der Waals surface area (Å²) in [6, 6.07) is 17.8. The summed E-state index contributed by atoms with van der Waals surface area (Å²) in [5, 5.41) is 29.6. The molecular weight excluding hydrogens is 444 g/mol. The first-order chi connectivity index (χ1) is 15.9. The maximum atomic E-state index is 9.10. The third-order valence-corrected chi connectivity index (χ3v) is 4.61. The van der Waals surface area contributed by atoms with Gasteiger partial charge in [-0.15, -0.1) is 0 Å². The molecule has 1 atom stereocenters. The van der Waals surface area contributed by atoms with E-state index in [4.69, 9.17) is 44.6 Å². The van der Waals surface area contributed by atoms with Gasteiger partial charge in [0.05, 0.1) is 11.8 Å². The molecule has 1 heterocycles. The van der Waals surface area contributed by atoms with Crippen molar-refractivity contribution in [3.63, 3.8) is 0 Å². The molecule has 1 unspecified atom stereocenters. The molecule has 0 saturated carbocycles. The number of carbonyl (C=O) groups is 4. The minimum absolute atomic E-state index is 0.382. The Balaban J connectivity index is 0.000000401. The van der Waals surface area contributed by atoms with Crippen LogP contribution in [0.5, 0.6) is 0 Å². The summed E-state index contributed by atoms with van der Waals surface area (Å²) in [7, 11) is 4.25. The molecule has 1 aliphatic heterocycles. The largest absolute Gasteiger partial charge is 0.473 e. The van der Waals surface area contributed by atoms with Crippen molar-refractivity contribution in [2.45, 2.75) is 25.8 Å². The average molecular weight is 472 g/mol. The molecule has 1 aliphatic rings. The van der Waals surface area contributed by atoms with Crippen LogP contribution in [-0.4, -0.2) is 81.6 Å². The number of carboxylic acid groups (broad SMARTS) is 4. The third kappa shape index (κ3) is 9.61. The maximum Gasteiger partial charge on any atom is 0.414 e. The van der Waals surface area contributed by atoms with Crippen molar-refractivity contribution in [3.8, 4) is 0 Å². The Morgan fingerprint density at radius 3 is 1.94 bits per heavy atom. The van der Waals surface area contributed by atoms with Crippen LogP contribution in [0.1, 0.15) is 28.7 Å². The lowest BCUT2D eigenvalue weighted by Crippen LogP contribution is -2.25. The predicted octanol–water partition coefficient (Wildman–Crippen LogP) is 2.02. The second-order valence-corrected chi connectivity index (χ2v) is 7.67. The molecule has 0 spiro atoms. The van der Waals surface area contributed by atoms with Crippen LogP contribution in [-0.2, 0) is 25.6 Å². The van der Waals surface area contributed by atoms with Gasteiger partial charge in [-0.25, -0.2) is 19.2 Å². The number of aliphatic imine (C=N–C) groups is 1. The van der Waals surface area contributed by atoms with Crippen LogP contribution in [0.25, 0.3) is 0 Å². The lowest BCUT2D eigenvalue weighted by atomic mass is 9.89. The molecule has 34 heavy (non-hydrogen) atoms. The van der Waals surface area contributed by atoms with Gasteiger partial charge in [-0.2, -0.15) is 0 Å². The Hall–Kier alpha value is -4.05. The van der Waals surface area contributed by atoms with Crippen molar-refractivity contribution in [1.29, 1.82) is 0 Å². The number of nitrogens with zero attached hydrogens (tertiary/aromatic N) is 2. The zero-order chi connectivity index (χ0) is 25.8. The van der Waals surface area contributed by atoms with E-state index in [1.165, 1.54) is 22.3 Å². The van der Waals surface area contributed by atoms with Gasteiger partial charge >= 0.3 is 23.9 Å². The number of hydrogen-bond donors (Lipinski definition) is 4. The summed E-state index contributed by atoms with van der Waals surface area (Å²) in [4.78, 5) is 43.7. The molecule has 0 aromatic heterocycles. The monoisotopic (exact) mass is 472 g/mol. The van der Waals surface area contributed by atoms with Crippen LogP contribution in [0.15, 0.2) is 53.5 Å². The minimum atomic E-state index is -1.82. The first-order valence-corrected chi connectivity index (χ1v) is 10.2. The van der Waals surface area contributed by atoms with Gasteiger partial charge in [0.25, 0.3) is 0 Å². The molecule has 10 heteroatoms. The molecule has 4 N–H and O–H groups in total. The van der Waals surface area contributed by atoms with Crippen molar-refractivity contribution in [2.75, 3.05) is 20.6 Å². The topological polar surface area (TPSA) is 165 Å². The van der Waals surface area contributed by atoms with Gasteiger partial charge < -0.3 is 25.3 Å². The first kappa shape index (κ1) is 28.0. The van der Waals surface area contributed by atoms with Crippen molar-refractivity contribution < 1.29 is 39.6 Å². The highest BCUT2D eigenvalue weighted by Crippen LogP contribution is 2.25. The smallest absolute Gasteiger partial charge is 0.414 e. The van der Waals surface area contributed by atoms with Crippen LogP contribution in [0.3, 0.4) is 0 Å². The number of rotatable bonds is 4. The summed E-state index contributed by atoms with van der Waals surface area (Å²) in [5.41, 5.74) is 6.41. The molecule has 0 saturated heterocycles. The van der Waals surface area contributed by atoms with Crippen molar-refractivity contribution >= 4 is 29.6 Å². The zero-order valence-corrected chi connectivity index (χ0v) is 19.1. The quantitative estimate of drug-likeness (QED) is 0.487. The van der Waals surface area contributed by atoms with E-state index >= 15 is 0 Å². The second kappa shape index (κ2) is 13.5. The van der Waals surface area contributed by atoms with Gasteiger partial charge in [0.2, 0.25) is 0 Å². The molecular formula is C24H28N2O8. The summed E-state index contributed by atoms with van der Waals surface area (Å²) >= 11 is 0. The number of carboxylic acids is 4. The van der Waals surface area contributed by atoms with Gasteiger partial charge in [0.15, 0.2) is 0 Å². The maximum absolute atomic E-state index is 9.10. The molecule has 0 amide bonds. The summed E-state index contributed by atoms with van der Waals surface area (Å²) in [5.74, 6) is -7.30. The van der Waals surface area contributed by atoms with Crippen LogP contribution >= 0.6 is 0 Å². The number of benzene rings is 2. The summed E-state index contributed by atoms with van der Waals surface area (Å²) in [6.07, 6.45) is 2.16. The van der Waals surface area contributed by atoms with Gasteiger partial charge in [-0.05, 0) is 52.0 Å². The van der Waals surface area contributed by atoms with E-state index in [-0.39, 0.29) is 0 Å². The van der Waals surface area contributed by atoms with E-state index in [1.807, 2.05) is 0 Å². The Morgan fingerprint density at radius 2 is 1.44 bits per heavy atom. The van der Waals surface area contributed by atoms with E-state index in [9.17, 15) is 0 Å². The first-order valence-electron chi connectivity index (χ1n) is 10.2. The highest BCUT2D eigenvalue weighted by Gasteiger charge is 2.21. The molecule has 0 bridgehead atoms. The molecule has 0 fully saturated rings. The Bertz CT molecular complexity index is 1010. The number of hydrogen-bond acceptors (Lipinski definition) is 6. The average Bonchev–Trinajstić information content (AvgIpc) is 2.77. The Labute approximate surface area is 196 Å². The second-order valence-electron chi connectivity index (χ2n) is 7.67. The Morgan fingerprint density at radius 1 is 0.882 bits per heavy atom. The van der Waals surface area contributed by atoms with Crippen molar-refractivity contribution in [3.05, 3.63) is 70.8 Å². The fourth-order valence-corrected chi connectivity index (χ4v) is 3.08. The van der Waals surface area contributed by atoms with Gasteiger partial charge in [-0.3, -0.25) is 4.99 Å². The number of aliphatic carboxylic acids is 4. The summed E-state index contributed by atoms with van der Waals surface area (Å²) < 4.78 is 0. The van der Waals surface area contributed by atoms with E-state index in [1.54, 1.807) is 0 Å². The predicted molar refractivity (Wildman–Crippen MR) is 124 cm³/mol. The van der Waals surface area contributed by atoms with E-state index in [2.05, 4.69) is 74.4 Å². The summed E-state index contributed by atoms with van der Waals surface area (Å²) in [6.45, 7) is 3.22. The van der Waals surface area contributed by atoms with E-state index in [0.29, 0.717) is 6.04 Å². The highest BCUT2D eigenvalue weighted by molar-refractivity contribution is 6.27. The van der Waals surface area contributed by atoms with Gasteiger partial charge in [-0.1, -0.05) is 48.0 Å². The standard InChI is InChI=1S/C20H24N2.2C2H2O4/c1-15-7-6-9-17(13-15)20-19-10-5-4-8-16(19)14-18(21-20)11-12-22(2)3;2*3-1(4)2(5)6/h4-10,13,18H,11-12,14H2,1-3H3;2*(H,3,4)(H,5,6). The van der Waals surface area contributed by atoms with Crippen LogP contribution in [0, 0.1) is 6.92 Å². The molecule has 10 nitrogen and oxygen atoms in total. The molecule has 182 valence electrons. The molecule has 0 aliphatic carbocycles. The fourth-order valence-electron chi connectivity index (χ4n) is 3.08. The molecule has 3 rings (SSSR count). The van der Waals surface area contributed by atoms with E-state index in [0.717, 1.165) is 25.1 Å². The van der Waals surface area contributed by atoms with Gasteiger partial charge in [0, 0.05) is 11.1 Å². The molecule has 2 aromatic carbocycles. The van der Waals surface area contributed by atoms with Crippen LogP contribution in [0.4, 0.5) is 0 Å². The zero-order valence-electron chi connectivity index (χ0n) is 19.1. The minimum Gasteiger partial charge on any atom is -0.473 e. The molecule has 0 radical (unpaired) electrons. The van der Waals surface area contributed by atoms with E-state index < -0.39 is 23.9 Å². The molecule has 2 aromatic rings. The SMILES string of the molecule is Cc1cccc(C2=NC(CCN(C)C)Cc3ccccc32)c1.O=C(O)C(=O)O.O=C(O)C(=O)O. The fraction of sp³-hybridized carbons (Fsp3) is 0.292. The third-order valence-electron chi connectivity index (χ3n) is 4.61. The van der Waals surface area contributed by atoms with Crippen molar-refractivity contribution in [2.24, 2.45) is 4.99 Å². The van der Waals surface area contributed by atoms with Crippen molar-refractivity contribution in [1.82, 2.24) is 4.90 Å². The number of aryl methyl sites for hydroxylation is 1. The van der Waals surface area contributed by atoms with Crippen LogP contribution in [0.2, 0.25) is 0 Å². The van der Waals surface area contributed by atoms with Crippen LogP contribution < -0.4 is 0 Å². The Kier molecular flexibility index (Phi) is 11.1. The lowest BCUT2D eigenvalue weighted by Gasteiger charge is -2.25. The normalized spacial score (nSPS) is 13.8. The highest BCUT2D eigenvalue weighted by atomic mass is 16.4. The number of fused-ring (bicyclic) bond motifs is 1.